The quantitative estimate of drug-likeness (QED) is 0.453. The zero-order chi connectivity index (χ0) is 23.3. The van der Waals surface area contributed by atoms with Crippen LogP contribution < -0.4 is 5.32 Å². The standard InChI is InChI=1S/C23H35N3O5S/c1-4-31-23(28)20-16(2)25-17(3)21(20)32(29,30)26-14-8-11-19(15-26)22(27)24-13-12-18-9-6-5-7-10-18/h9,19,25H,4-8,10-15H2,1-3H3,(H,24,27)/t19-/m1/s1. The van der Waals surface area contributed by atoms with Crippen molar-refractivity contribution in [3.05, 3.63) is 28.6 Å². The summed E-state index contributed by atoms with van der Waals surface area (Å²) >= 11 is 0. The fourth-order valence-electron chi connectivity index (χ4n) is 4.66. The molecular weight excluding hydrogens is 430 g/mol. The second-order valence-electron chi connectivity index (χ2n) is 8.65. The second-order valence-corrected chi connectivity index (χ2v) is 10.5. The lowest BCUT2D eigenvalue weighted by Crippen LogP contribution is -2.45. The first-order valence-electron chi connectivity index (χ1n) is 11.6. The molecule has 1 atom stereocenters. The van der Waals surface area contributed by atoms with E-state index >= 15 is 0 Å². The van der Waals surface area contributed by atoms with E-state index < -0.39 is 21.9 Å². The Bertz CT molecular complexity index is 980. The van der Waals surface area contributed by atoms with Crippen molar-refractivity contribution < 1.29 is 22.7 Å². The fraction of sp³-hybridized carbons (Fsp3) is 0.652. The van der Waals surface area contributed by atoms with Crippen molar-refractivity contribution in [1.29, 1.82) is 0 Å². The van der Waals surface area contributed by atoms with Crippen LogP contribution >= 0.6 is 0 Å². The zero-order valence-corrected chi connectivity index (χ0v) is 20.1. The van der Waals surface area contributed by atoms with Gasteiger partial charge in [-0.2, -0.15) is 4.31 Å². The normalized spacial score (nSPS) is 20.0. The van der Waals surface area contributed by atoms with Crippen LogP contribution in [-0.4, -0.2) is 55.8 Å². The van der Waals surface area contributed by atoms with E-state index in [0.717, 1.165) is 19.3 Å². The molecule has 0 unspecified atom stereocenters. The number of carbonyl (C=O) groups is 2. The molecule has 0 bridgehead atoms. The minimum atomic E-state index is -3.96. The maximum Gasteiger partial charge on any atom is 0.341 e. The highest BCUT2D eigenvalue weighted by Gasteiger charge is 2.38. The third-order valence-electron chi connectivity index (χ3n) is 6.28. The molecule has 2 N–H and O–H groups in total. The maximum absolute atomic E-state index is 13.5. The van der Waals surface area contributed by atoms with Crippen LogP contribution in [0.3, 0.4) is 0 Å². The van der Waals surface area contributed by atoms with Crippen LogP contribution in [0, 0.1) is 19.8 Å². The van der Waals surface area contributed by atoms with E-state index in [4.69, 9.17) is 4.74 Å². The molecule has 0 spiro atoms. The van der Waals surface area contributed by atoms with Gasteiger partial charge in [0.2, 0.25) is 15.9 Å². The number of aromatic amines is 1. The third kappa shape index (κ3) is 5.43. The van der Waals surface area contributed by atoms with Gasteiger partial charge in [0.1, 0.15) is 10.5 Å². The summed E-state index contributed by atoms with van der Waals surface area (Å²) in [5.41, 5.74) is 2.31. The Labute approximate surface area is 190 Å². The number of aryl methyl sites for hydroxylation is 2. The SMILES string of the molecule is CCOC(=O)c1c(C)[nH]c(C)c1S(=O)(=O)N1CCC[C@@H](C(=O)NCCC2=CCCCC2)C1. The first-order chi connectivity index (χ1) is 15.3. The average molecular weight is 466 g/mol. The Morgan fingerprint density at radius 2 is 2.00 bits per heavy atom. The summed E-state index contributed by atoms with van der Waals surface area (Å²) in [5.74, 6) is -1.16. The molecule has 0 saturated carbocycles. The molecule has 1 fully saturated rings. The van der Waals surface area contributed by atoms with Crippen molar-refractivity contribution in [1.82, 2.24) is 14.6 Å². The van der Waals surface area contributed by atoms with Crippen LogP contribution in [0.25, 0.3) is 0 Å². The van der Waals surface area contributed by atoms with Crippen molar-refractivity contribution in [3.63, 3.8) is 0 Å². The lowest BCUT2D eigenvalue weighted by Gasteiger charge is -2.31. The minimum absolute atomic E-state index is 0.0428. The van der Waals surface area contributed by atoms with E-state index in [1.54, 1.807) is 20.8 Å². The van der Waals surface area contributed by atoms with Crippen molar-refractivity contribution in [2.24, 2.45) is 5.92 Å². The number of piperidine rings is 1. The first kappa shape index (κ1) is 24.5. The van der Waals surface area contributed by atoms with Gasteiger partial charge in [-0.15, -0.1) is 0 Å². The number of ether oxygens (including phenoxy) is 1. The summed E-state index contributed by atoms with van der Waals surface area (Å²) < 4.78 is 33.4. The molecule has 9 heteroatoms. The van der Waals surface area contributed by atoms with Crippen molar-refractivity contribution in [2.45, 2.75) is 70.6 Å². The molecule has 8 nitrogen and oxygen atoms in total. The summed E-state index contributed by atoms with van der Waals surface area (Å²) in [4.78, 5) is 28.1. The molecule has 178 valence electrons. The number of nitrogens with one attached hydrogen (secondary N) is 2. The van der Waals surface area contributed by atoms with Gasteiger partial charge in [0, 0.05) is 31.0 Å². The molecule has 0 aromatic carbocycles. The van der Waals surface area contributed by atoms with Gasteiger partial charge in [0.25, 0.3) is 0 Å². The molecule has 0 radical (unpaired) electrons. The van der Waals surface area contributed by atoms with E-state index in [9.17, 15) is 18.0 Å². The van der Waals surface area contributed by atoms with Crippen molar-refractivity contribution in [3.8, 4) is 0 Å². The molecule has 1 aromatic heterocycles. The lowest BCUT2D eigenvalue weighted by atomic mass is 9.96. The summed E-state index contributed by atoms with van der Waals surface area (Å²) in [6.45, 7) is 6.15. The van der Waals surface area contributed by atoms with Crippen LogP contribution in [0.1, 0.15) is 73.6 Å². The zero-order valence-electron chi connectivity index (χ0n) is 19.3. The number of esters is 1. The molecular formula is C23H35N3O5S. The number of sulfonamides is 1. The number of nitrogens with zero attached hydrogens (tertiary/aromatic N) is 1. The Balaban J connectivity index is 1.69. The van der Waals surface area contributed by atoms with Crippen LogP contribution in [-0.2, 0) is 19.6 Å². The topological polar surface area (TPSA) is 109 Å². The number of amides is 1. The van der Waals surface area contributed by atoms with Gasteiger partial charge in [-0.05, 0) is 65.7 Å². The largest absolute Gasteiger partial charge is 0.462 e. The molecule has 2 aliphatic rings. The predicted molar refractivity (Wildman–Crippen MR) is 122 cm³/mol. The van der Waals surface area contributed by atoms with Crippen LogP contribution in [0.2, 0.25) is 0 Å². The van der Waals surface area contributed by atoms with E-state index in [1.165, 1.54) is 22.7 Å². The maximum atomic E-state index is 13.5. The molecule has 1 saturated heterocycles. The van der Waals surface area contributed by atoms with Crippen LogP contribution in [0.15, 0.2) is 16.5 Å². The summed E-state index contributed by atoms with van der Waals surface area (Å²) in [6, 6.07) is 0. The molecule has 3 rings (SSSR count). The highest BCUT2D eigenvalue weighted by molar-refractivity contribution is 7.89. The minimum Gasteiger partial charge on any atom is -0.462 e. The summed E-state index contributed by atoms with van der Waals surface area (Å²) in [7, 11) is -3.96. The van der Waals surface area contributed by atoms with E-state index in [0.29, 0.717) is 37.3 Å². The lowest BCUT2D eigenvalue weighted by molar-refractivity contribution is -0.126. The Hall–Kier alpha value is -2.13. The first-order valence-corrected chi connectivity index (χ1v) is 13.0. The number of H-pyrrole nitrogens is 1. The van der Waals surface area contributed by atoms with Crippen LogP contribution in [0.5, 0.6) is 0 Å². The predicted octanol–water partition coefficient (Wildman–Crippen LogP) is 3.22. The Morgan fingerprint density at radius 1 is 1.22 bits per heavy atom. The Morgan fingerprint density at radius 3 is 2.69 bits per heavy atom. The van der Waals surface area contributed by atoms with Gasteiger partial charge in [0.05, 0.1) is 12.5 Å². The monoisotopic (exact) mass is 465 g/mol. The Kier molecular flexibility index (Phi) is 8.16. The highest BCUT2D eigenvalue weighted by Crippen LogP contribution is 2.30. The third-order valence-corrected chi connectivity index (χ3v) is 8.32. The number of rotatable bonds is 8. The number of carbonyl (C=O) groups excluding carboxylic acids is 2. The number of hydrogen-bond acceptors (Lipinski definition) is 5. The molecule has 1 aliphatic carbocycles. The van der Waals surface area contributed by atoms with Gasteiger partial charge >= 0.3 is 5.97 Å². The fourth-order valence-corrected chi connectivity index (χ4v) is 6.59. The number of allylic oxidation sites excluding steroid dienone is 1. The molecule has 32 heavy (non-hydrogen) atoms. The van der Waals surface area contributed by atoms with Gasteiger partial charge in [0.15, 0.2) is 0 Å². The van der Waals surface area contributed by atoms with Gasteiger partial charge in [-0.3, -0.25) is 4.79 Å². The average Bonchev–Trinajstić information content (AvgIpc) is 3.09. The number of hydrogen-bond donors (Lipinski definition) is 2. The van der Waals surface area contributed by atoms with Crippen LogP contribution in [0.4, 0.5) is 0 Å². The van der Waals surface area contributed by atoms with Gasteiger partial charge in [-0.25, -0.2) is 13.2 Å². The highest BCUT2D eigenvalue weighted by atomic mass is 32.2. The smallest absolute Gasteiger partial charge is 0.341 e. The molecule has 1 aliphatic heterocycles. The second kappa shape index (κ2) is 10.7. The summed E-state index contributed by atoms with van der Waals surface area (Å²) in [6.07, 6.45) is 9.03. The molecule has 2 heterocycles. The molecule has 1 aromatic rings. The van der Waals surface area contributed by atoms with Crippen molar-refractivity contribution in [2.75, 3.05) is 26.2 Å². The van der Waals surface area contributed by atoms with E-state index in [-0.39, 0.29) is 29.5 Å². The summed E-state index contributed by atoms with van der Waals surface area (Å²) in [5, 5.41) is 2.99. The number of aromatic nitrogens is 1. The van der Waals surface area contributed by atoms with E-state index in [2.05, 4.69) is 16.4 Å². The van der Waals surface area contributed by atoms with Gasteiger partial charge in [-0.1, -0.05) is 11.6 Å². The van der Waals surface area contributed by atoms with E-state index in [1.807, 2.05) is 0 Å². The molecule has 1 amide bonds. The van der Waals surface area contributed by atoms with Gasteiger partial charge < -0.3 is 15.0 Å². The van der Waals surface area contributed by atoms with Crippen molar-refractivity contribution >= 4 is 21.9 Å².